The zero-order valence-corrected chi connectivity index (χ0v) is 11.6. The molecule has 0 aromatic heterocycles. The Morgan fingerprint density at radius 2 is 2.00 bits per heavy atom. The lowest BCUT2D eigenvalue weighted by Gasteiger charge is -2.17. The molecule has 17 heavy (non-hydrogen) atoms. The number of carbonyl (C=O) groups is 1. The summed E-state index contributed by atoms with van der Waals surface area (Å²) >= 11 is 5.94. The van der Waals surface area contributed by atoms with Crippen molar-refractivity contribution in [1.82, 2.24) is 0 Å². The van der Waals surface area contributed by atoms with E-state index in [1.54, 1.807) is 13.2 Å². The average molecular weight is 255 g/mol. The van der Waals surface area contributed by atoms with E-state index < -0.39 is 0 Å². The first-order valence-corrected chi connectivity index (χ1v) is 6.08. The van der Waals surface area contributed by atoms with Crippen LogP contribution in [0.25, 0.3) is 0 Å². The number of ether oxygens (including phenoxy) is 1. The molecule has 0 radical (unpaired) electrons. The van der Waals surface area contributed by atoms with Gasteiger partial charge in [-0.2, -0.15) is 0 Å². The Morgan fingerprint density at radius 1 is 1.35 bits per heavy atom. The van der Waals surface area contributed by atoms with Crippen molar-refractivity contribution >= 4 is 17.4 Å². The van der Waals surface area contributed by atoms with Crippen molar-refractivity contribution in [2.45, 2.75) is 33.6 Å². The van der Waals surface area contributed by atoms with Gasteiger partial charge in [0.05, 0.1) is 7.11 Å². The minimum atomic E-state index is -0.286. The van der Waals surface area contributed by atoms with Crippen LogP contribution in [0.2, 0.25) is 5.02 Å². The fraction of sp³-hybridized carbons (Fsp3) is 0.500. The highest BCUT2D eigenvalue weighted by molar-refractivity contribution is 6.30. The number of ketones is 1. The number of aryl methyl sites for hydroxylation is 1. The smallest absolute Gasteiger partial charge is 0.138 e. The summed E-state index contributed by atoms with van der Waals surface area (Å²) in [5, 5.41) is 0.670. The van der Waals surface area contributed by atoms with E-state index in [0.717, 1.165) is 11.3 Å². The summed E-state index contributed by atoms with van der Waals surface area (Å²) < 4.78 is 5.25. The summed E-state index contributed by atoms with van der Waals surface area (Å²) in [6.45, 7) is 5.81. The predicted molar refractivity (Wildman–Crippen MR) is 70.8 cm³/mol. The molecule has 0 heterocycles. The number of methoxy groups -OCH3 is 1. The molecule has 0 saturated carbocycles. The van der Waals surface area contributed by atoms with Crippen LogP contribution in [0.1, 0.15) is 32.8 Å². The molecule has 0 bridgehead atoms. The van der Waals surface area contributed by atoms with Crippen LogP contribution in [0.3, 0.4) is 0 Å². The molecule has 0 unspecified atom stereocenters. The highest BCUT2D eigenvalue weighted by atomic mass is 35.5. The van der Waals surface area contributed by atoms with Crippen LogP contribution in [0, 0.1) is 5.41 Å². The lowest BCUT2D eigenvalue weighted by atomic mass is 9.87. The predicted octanol–water partition coefficient (Wildman–Crippen LogP) is 3.90. The molecule has 0 atom stereocenters. The van der Waals surface area contributed by atoms with Crippen molar-refractivity contribution in [3.8, 4) is 5.75 Å². The van der Waals surface area contributed by atoms with E-state index in [4.69, 9.17) is 16.3 Å². The van der Waals surface area contributed by atoms with E-state index in [0.29, 0.717) is 17.9 Å². The highest BCUT2D eigenvalue weighted by Gasteiger charge is 2.21. The van der Waals surface area contributed by atoms with Gasteiger partial charge in [0.25, 0.3) is 0 Å². The Balaban J connectivity index is 2.75. The molecule has 0 amide bonds. The molecule has 0 aliphatic carbocycles. The van der Waals surface area contributed by atoms with Gasteiger partial charge in [-0.3, -0.25) is 4.79 Å². The average Bonchev–Trinajstić information content (AvgIpc) is 2.24. The van der Waals surface area contributed by atoms with E-state index in [9.17, 15) is 4.79 Å². The van der Waals surface area contributed by atoms with Gasteiger partial charge < -0.3 is 4.74 Å². The first-order chi connectivity index (χ1) is 7.84. The Bertz CT molecular complexity index is 405. The standard InChI is InChI=1S/C14H19ClO2/c1-14(2,3)13(16)8-5-10-9-11(15)6-7-12(10)17-4/h6-7,9H,5,8H2,1-4H3. The Morgan fingerprint density at radius 3 is 2.53 bits per heavy atom. The molecule has 0 aliphatic heterocycles. The number of hydrogen-bond acceptors (Lipinski definition) is 2. The Hall–Kier alpha value is -1.02. The van der Waals surface area contributed by atoms with Crippen molar-refractivity contribution in [3.63, 3.8) is 0 Å². The Labute approximate surface area is 108 Å². The highest BCUT2D eigenvalue weighted by Crippen LogP contribution is 2.25. The topological polar surface area (TPSA) is 26.3 Å². The minimum absolute atomic E-state index is 0.250. The number of benzene rings is 1. The van der Waals surface area contributed by atoms with Crippen molar-refractivity contribution in [2.24, 2.45) is 5.41 Å². The number of hydrogen-bond donors (Lipinski definition) is 0. The number of rotatable bonds is 4. The fourth-order valence-electron chi connectivity index (χ4n) is 1.57. The molecule has 94 valence electrons. The molecular formula is C14H19ClO2. The van der Waals surface area contributed by atoms with Crippen molar-refractivity contribution in [1.29, 1.82) is 0 Å². The summed E-state index contributed by atoms with van der Waals surface area (Å²) in [5.74, 6) is 1.04. The first-order valence-electron chi connectivity index (χ1n) is 5.70. The second-order valence-corrected chi connectivity index (χ2v) is 5.57. The zero-order chi connectivity index (χ0) is 13.1. The SMILES string of the molecule is COc1ccc(Cl)cc1CCC(=O)C(C)(C)C. The van der Waals surface area contributed by atoms with Gasteiger partial charge in [0.15, 0.2) is 0 Å². The maximum atomic E-state index is 11.8. The van der Waals surface area contributed by atoms with Crippen LogP contribution in [-0.4, -0.2) is 12.9 Å². The monoisotopic (exact) mass is 254 g/mol. The zero-order valence-electron chi connectivity index (χ0n) is 10.8. The van der Waals surface area contributed by atoms with Crippen LogP contribution in [0.5, 0.6) is 5.75 Å². The molecule has 2 nitrogen and oxygen atoms in total. The van der Waals surface area contributed by atoms with Crippen LogP contribution < -0.4 is 4.74 Å². The van der Waals surface area contributed by atoms with Gasteiger partial charge in [0.1, 0.15) is 11.5 Å². The van der Waals surface area contributed by atoms with Crippen molar-refractivity contribution in [3.05, 3.63) is 28.8 Å². The molecule has 0 spiro atoms. The van der Waals surface area contributed by atoms with E-state index in [2.05, 4.69) is 0 Å². The molecule has 0 aliphatic rings. The fourth-order valence-corrected chi connectivity index (χ4v) is 1.76. The van der Waals surface area contributed by atoms with Gasteiger partial charge in [0, 0.05) is 16.9 Å². The third kappa shape index (κ3) is 4.04. The van der Waals surface area contributed by atoms with Crippen LogP contribution >= 0.6 is 11.6 Å². The summed E-state index contributed by atoms with van der Waals surface area (Å²) in [4.78, 5) is 11.8. The van der Waals surface area contributed by atoms with Gasteiger partial charge >= 0.3 is 0 Å². The van der Waals surface area contributed by atoms with E-state index >= 15 is 0 Å². The van der Waals surface area contributed by atoms with Crippen LogP contribution in [0.15, 0.2) is 18.2 Å². The normalized spacial score (nSPS) is 11.4. The first kappa shape index (κ1) is 14.0. The van der Waals surface area contributed by atoms with E-state index in [-0.39, 0.29) is 11.2 Å². The summed E-state index contributed by atoms with van der Waals surface area (Å²) in [5.41, 5.74) is 0.698. The number of Topliss-reactive ketones (excluding diaryl/α,β-unsaturated/α-hetero) is 1. The third-order valence-electron chi connectivity index (χ3n) is 2.70. The number of halogens is 1. The molecule has 3 heteroatoms. The van der Waals surface area contributed by atoms with E-state index in [1.807, 2.05) is 32.9 Å². The lowest BCUT2D eigenvalue weighted by Crippen LogP contribution is -2.20. The van der Waals surface area contributed by atoms with Gasteiger partial charge in [-0.15, -0.1) is 0 Å². The van der Waals surface area contributed by atoms with Crippen molar-refractivity contribution in [2.75, 3.05) is 7.11 Å². The second kappa shape index (κ2) is 5.54. The largest absolute Gasteiger partial charge is 0.496 e. The third-order valence-corrected chi connectivity index (χ3v) is 2.94. The molecule has 1 aromatic carbocycles. The van der Waals surface area contributed by atoms with Crippen LogP contribution in [-0.2, 0) is 11.2 Å². The minimum Gasteiger partial charge on any atom is -0.496 e. The van der Waals surface area contributed by atoms with Crippen LogP contribution in [0.4, 0.5) is 0 Å². The number of carbonyl (C=O) groups excluding carboxylic acids is 1. The molecule has 0 N–H and O–H groups in total. The lowest BCUT2D eigenvalue weighted by molar-refractivity contribution is -0.126. The maximum Gasteiger partial charge on any atom is 0.138 e. The van der Waals surface area contributed by atoms with E-state index in [1.165, 1.54) is 0 Å². The molecule has 1 rings (SSSR count). The molecule has 1 aromatic rings. The van der Waals surface area contributed by atoms with Gasteiger partial charge in [-0.1, -0.05) is 32.4 Å². The van der Waals surface area contributed by atoms with Crippen molar-refractivity contribution < 1.29 is 9.53 Å². The molecule has 0 fully saturated rings. The van der Waals surface area contributed by atoms with Gasteiger partial charge in [-0.25, -0.2) is 0 Å². The maximum absolute atomic E-state index is 11.8. The van der Waals surface area contributed by atoms with Gasteiger partial charge in [0.2, 0.25) is 0 Å². The summed E-state index contributed by atoms with van der Waals surface area (Å²) in [6.07, 6.45) is 1.18. The Kier molecular flexibility index (Phi) is 4.58. The molecule has 0 saturated heterocycles. The quantitative estimate of drug-likeness (QED) is 0.815. The second-order valence-electron chi connectivity index (χ2n) is 5.13. The summed E-state index contributed by atoms with van der Waals surface area (Å²) in [7, 11) is 1.62. The summed E-state index contributed by atoms with van der Waals surface area (Å²) in [6, 6.07) is 5.48. The van der Waals surface area contributed by atoms with Gasteiger partial charge in [-0.05, 0) is 30.2 Å². The molecular weight excluding hydrogens is 236 g/mol.